The summed E-state index contributed by atoms with van der Waals surface area (Å²) in [4.78, 5) is 10.5. The van der Waals surface area contributed by atoms with Crippen molar-refractivity contribution in [2.75, 3.05) is 7.11 Å². The summed E-state index contributed by atoms with van der Waals surface area (Å²) in [5.74, 6) is 0.810. The maximum Gasteiger partial charge on any atom is 0.122 e. The molecule has 0 aliphatic heterocycles. The summed E-state index contributed by atoms with van der Waals surface area (Å²) in [6.07, 6.45) is 4.52. The Morgan fingerprint density at radius 3 is 2.12 bits per heavy atom. The number of methoxy groups -OCH3 is 1. The van der Waals surface area contributed by atoms with E-state index >= 15 is 0 Å². The second kappa shape index (κ2) is 7.05. The molecule has 0 radical (unpaired) electrons. The summed E-state index contributed by atoms with van der Waals surface area (Å²) in [7, 11) is 1.79. The van der Waals surface area contributed by atoms with E-state index in [1.807, 2.05) is 6.92 Å². The van der Waals surface area contributed by atoms with Crippen LogP contribution in [0.5, 0.6) is 0 Å². The normalized spacial score (nSPS) is 17.9. The van der Waals surface area contributed by atoms with Crippen LogP contribution < -0.4 is 0 Å². The zero-order valence-corrected chi connectivity index (χ0v) is 11.7. The highest BCUT2D eigenvalue weighted by Crippen LogP contribution is 2.28. The average molecular weight is 228 g/mol. The van der Waals surface area contributed by atoms with Crippen LogP contribution in [-0.4, -0.2) is 19.5 Å². The zero-order valence-electron chi connectivity index (χ0n) is 11.7. The summed E-state index contributed by atoms with van der Waals surface area (Å²) in [5.41, 5.74) is 0.194. The molecule has 0 fully saturated rings. The van der Waals surface area contributed by atoms with E-state index in [4.69, 9.17) is 4.74 Å². The van der Waals surface area contributed by atoms with Gasteiger partial charge in [0.1, 0.15) is 6.29 Å². The Morgan fingerprint density at radius 1 is 1.19 bits per heavy atom. The van der Waals surface area contributed by atoms with Gasteiger partial charge in [0.05, 0.1) is 6.10 Å². The minimum atomic E-state index is 0.193. The van der Waals surface area contributed by atoms with Gasteiger partial charge in [0.2, 0.25) is 0 Å². The maximum absolute atomic E-state index is 10.5. The molecule has 1 unspecified atom stereocenters. The van der Waals surface area contributed by atoms with Gasteiger partial charge >= 0.3 is 0 Å². The Bertz CT molecular complexity index is 193. The van der Waals surface area contributed by atoms with Crippen LogP contribution in [0.1, 0.15) is 53.9 Å². The summed E-state index contributed by atoms with van der Waals surface area (Å²) in [6.45, 7) is 10.9. The van der Waals surface area contributed by atoms with Crippen molar-refractivity contribution in [1.29, 1.82) is 0 Å². The smallest absolute Gasteiger partial charge is 0.122 e. The lowest BCUT2D eigenvalue weighted by Crippen LogP contribution is -2.30. The molecule has 3 atom stereocenters. The van der Waals surface area contributed by atoms with Crippen molar-refractivity contribution < 1.29 is 9.53 Å². The van der Waals surface area contributed by atoms with Crippen molar-refractivity contribution in [2.45, 2.75) is 60.0 Å². The van der Waals surface area contributed by atoms with Gasteiger partial charge in [0.15, 0.2) is 0 Å². The van der Waals surface area contributed by atoms with Crippen molar-refractivity contribution in [1.82, 2.24) is 0 Å². The van der Waals surface area contributed by atoms with Crippen LogP contribution in [0.3, 0.4) is 0 Å². The number of aldehydes is 1. The van der Waals surface area contributed by atoms with Gasteiger partial charge in [-0.25, -0.2) is 0 Å². The minimum absolute atomic E-state index is 0.193. The zero-order chi connectivity index (χ0) is 12.8. The van der Waals surface area contributed by atoms with Crippen molar-refractivity contribution in [2.24, 2.45) is 17.3 Å². The third-order valence-electron chi connectivity index (χ3n) is 3.21. The highest BCUT2D eigenvalue weighted by atomic mass is 16.5. The predicted molar refractivity (Wildman–Crippen MR) is 68.5 cm³/mol. The Balaban J connectivity index is 4.01. The van der Waals surface area contributed by atoms with Gasteiger partial charge in [-0.3, -0.25) is 0 Å². The molecule has 0 spiro atoms. The topological polar surface area (TPSA) is 26.3 Å². The van der Waals surface area contributed by atoms with Crippen LogP contribution >= 0.6 is 0 Å². The summed E-state index contributed by atoms with van der Waals surface area (Å²) >= 11 is 0. The maximum atomic E-state index is 10.5. The van der Waals surface area contributed by atoms with E-state index in [-0.39, 0.29) is 11.3 Å². The van der Waals surface area contributed by atoms with Crippen molar-refractivity contribution >= 4 is 6.29 Å². The van der Waals surface area contributed by atoms with Gasteiger partial charge in [0.25, 0.3) is 0 Å². The van der Waals surface area contributed by atoms with Gasteiger partial charge in [-0.15, -0.1) is 0 Å². The molecule has 2 nitrogen and oxygen atoms in total. The molecule has 0 rings (SSSR count). The second-order valence-corrected chi connectivity index (χ2v) is 6.12. The van der Waals surface area contributed by atoms with Crippen molar-refractivity contribution in [3.63, 3.8) is 0 Å². The Kier molecular flexibility index (Phi) is 6.89. The number of carbonyl (C=O) groups is 1. The molecule has 0 amide bonds. The molecule has 0 aromatic rings. The van der Waals surface area contributed by atoms with Crippen LogP contribution in [-0.2, 0) is 9.53 Å². The number of rotatable bonds is 7. The first kappa shape index (κ1) is 15.6. The Morgan fingerprint density at radius 2 is 1.75 bits per heavy atom. The van der Waals surface area contributed by atoms with Gasteiger partial charge in [0, 0.05) is 13.0 Å². The van der Waals surface area contributed by atoms with Crippen LogP contribution in [0.4, 0.5) is 0 Å². The Labute approximate surface area is 101 Å². The molecule has 0 aliphatic carbocycles. The van der Waals surface area contributed by atoms with Crippen LogP contribution in [0, 0.1) is 17.3 Å². The van der Waals surface area contributed by atoms with Gasteiger partial charge in [-0.05, 0) is 30.6 Å². The van der Waals surface area contributed by atoms with E-state index in [1.165, 1.54) is 0 Å². The molecular formula is C14H28O2. The minimum Gasteiger partial charge on any atom is -0.381 e. The van der Waals surface area contributed by atoms with Gasteiger partial charge in [-0.1, -0.05) is 34.6 Å². The molecule has 0 bridgehead atoms. The lowest BCUT2D eigenvalue weighted by molar-refractivity contribution is -0.110. The highest BCUT2D eigenvalue weighted by Gasteiger charge is 2.25. The fraction of sp³-hybridized carbons (Fsp3) is 0.929. The molecular weight excluding hydrogens is 200 g/mol. The largest absolute Gasteiger partial charge is 0.381 e. The van der Waals surface area contributed by atoms with E-state index in [9.17, 15) is 4.79 Å². The molecule has 16 heavy (non-hydrogen) atoms. The first-order valence-corrected chi connectivity index (χ1v) is 6.29. The molecule has 2 heteroatoms. The standard InChI is InChI=1S/C14H28O2/c1-11(7-8-12(2)10-15)9-13(16-6)14(3,4)5/h10-13H,7-9H2,1-6H3/t11?,12-,13-/m0/s1. The monoisotopic (exact) mass is 228 g/mol. The molecule has 96 valence electrons. The van der Waals surface area contributed by atoms with E-state index < -0.39 is 0 Å². The molecule has 0 N–H and O–H groups in total. The summed E-state index contributed by atoms with van der Waals surface area (Å²) in [6, 6.07) is 0. The highest BCUT2D eigenvalue weighted by molar-refractivity contribution is 5.52. The number of ether oxygens (including phenoxy) is 1. The molecule has 0 aromatic carbocycles. The second-order valence-electron chi connectivity index (χ2n) is 6.12. The molecule has 0 saturated carbocycles. The fourth-order valence-corrected chi connectivity index (χ4v) is 1.90. The van der Waals surface area contributed by atoms with E-state index in [2.05, 4.69) is 27.7 Å². The number of hydrogen-bond acceptors (Lipinski definition) is 2. The number of hydrogen-bond donors (Lipinski definition) is 0. The van der Waals surface area contributed by atoms with Crippen LogP contribution in [0.25, 0.3) is 0 Å². The first-order valence-electron chi connectivity index (χ1n) is 6.29. The lowest BCUT2D eigenvalue weighted by Gasteiger charge is -2.31. The van der Waals surface area contributed by atoms with Crippen molar-refractivity contribution in [3.8, 4) is 0 Å². The number of carbonyl (C=O) groups excluding carboxylic acids is 1. The first-order chi connectivity index (χ1) is 7.31. The van der Waals surface area contributed by atoms with E-state index in [0.29, 0.717) is 12.0 Å². The summed E-state index contributed by atoms with van der Waals surface area (Å²) < 4.78 is 5.55. The van der Waals surface area contributed by atoms with Gasteiger partial charge in [-0.2, -0.15) is 0 Å². The summed E-state index contributed by atoms with van der Waals surface area (Å²) in [5, 5.41) is 0. The van der Waals surface area contributed by atoms with Crippen LogP contribution in [0.2, 0.25) is 0 Å². The SMILES string of the molecule is CO[C@@H](CC(C)CC[C@H](C)C=O)C(C)(C)C. The predicted octanol–water partition coefficient (Wildman–Crippen LogP) is 3.69. The molecule has 0 heterocycles. The quantitative estimate of drug-likeness (QED) is 0.621. The fourth-order valence-electron chi connectivity index (χ4n) is 1.90. The van der Waals surface area contributed by atoms with Gasteiger partial charge < -0.3 is 9.53 Å². The lowest BCUT2D eigenvalue weighted by atomic mass is 9.82. The van der Waals surface area contributed by atoms with E-state index in [0.717, 1.165) is 25.5 Å². The third-order valence-corrected chi connectivity index (χ3v) is 3.21. The Hall–Kier alpha value is -0.370. The molecule has 0 aromatic heterocycles. The van der Waals surface area contributed by atoms with E-state index in [1.54, 1.807) is 7.11 Å². The third kappa shape index (κ3) is 6.26. The average Bonchev–Trinajstić information content (AvgIpc) is 2.20. The molecule has 0 saturated heterocycles. The van der Waals surface area contributed by atoms with Crippen LogP contribution in [0.15, 0.2) is 0 Å². The van der Waals surface area contributed by atoms with Crippen molar-refractivity contribution in [3.05, 3.63) is 0 Å². The molecule has 0 aliphatic rings.